The predicted octanol–water partition coefficient (Wildman–Crippen LogP) is 2.58. The van der Waals surface area contributed by atoms with Crippen LogP contribution in [0.25, 0.3) is 0 Å². The van der Waals surface area contributed by atoms with E-state index in [1.54, 1.807) is 0 Å². The molecule has 0 unspecified atom stereocenters. The third kappa shape index (κ3) is 3.69. The van der Waals surface area contributed by atoms with Gasteiger partial charge in [0.1, 0.15) is 0 Å². The molecule has 0 aromatic rings. The molecule has 1 heterocycles. The van der Waals surface area contributed by atoms with Gasteiger partial charge < -0.3 is 4.90 Å². The zero-order chi connectivity index (χ0) is 10.6. The molecular formula is C9H16F3NS. The molecule has 0 N–H and O–H groups in total. The molecule has 1 aliphatic rings. The van der Waals surface area contributed by atoms with Gasteiger partial charge in [-0.05, 0) is 44.6 Å². The number of alkyl halides is 3. The Bertz CT molecular complexity index is 164. The second-order valence-corrected chi connectivity index (χ2v) is 4.18. The second-order valence-electron chi connectivity index (χ2n) is 3.73. The van der Waals surface area contributed by atoms with Crippen LogP contribution in [0.5, 0.6) is 0 Å². The highest BCUT2D eigenvalue weighted by Gasteiger charge is 2.40. The van der Waals surface area contributed by atoms with Gasteiger partial charge in [-0.15, -0.1) is 0 Å². The van der Waals surface area contributed by atoms with E-state index in [0.29, 0.717) is 13.1 Å². The number of halogens is 3. The minimum Gasteiger partial charge on any atom is -0.303 e. The summed E-state index contributed by atoms with van der Waals surface area (Å²) in [5, 5.41) is 0. The lowest BCUT2D eigenvalue weighted by atomic mass is 9.96. The van der Waals surface area contributed by atoms with Crippen molar-refractivity contribution in [3.05, 3.63) is 0 Å². The van der Waals surface area contributed by atoms with Gasteiger partial charge >= 0.3 is 6.18 Å². The summed E-state index contributed by atoms with van der Waals surface area (Å²) in [6, 6.07) is 0. The lowest BCUT2D eigenvalue weighted by Crippen LogP contribution is -2.39. The molecule has 1 aliphatic heterocycles. The fraction of sp³-hybridized carbons (Fsp3) is 1.00. The van der Waals surface area contributed by atoms with E-state index < -0.39 is 12.1 Å². The second kappa shape index (κ2) is 5.26. The molecule has 0 saturated carbocycles. The quantitative estimate of drug-likeness (QED) is 0.725. The molecule has 1 saturated heterocycles. The van der Waals surface area contributed by atoms with Crippen LogP contribution in [0.2, 0.25) is 0 Å². The first kappa shape index (κ1) is 12.2. The SMILES string of the molecule is FC(F)(F)C1CCN(CCCS)CC1. The van der Waals surface area contributed by atoms with E-state index in [4.69, 9.17) is 0 Å². The Kier molecular flexibility index (Phi) is 4.57. The van der Waals surface area contributed by atoms with E-state index in [9.17, 15) is 13.2 Å². The van der Waals surface area contributed by atoms with Gasteiger partial charge in [0.15, 0.2) is 0 Å². The first-order chi connectivity index (χ1) is 6.54. The Labute approximate surface area is 88.1 Å². The maximum atomic E-state index is 12.3. The molecule has 0 bridgehead atoms. The third-order valence-electron chi connectivity index (χ3n) is 2.68. The molecule has 1 fully saturated rings. The van der Waals surface area contributed by atoms with E-state index in [2.05, 4.69) is 17.5 Å². The smallest absolute Gasteiger partial charge is 0.303 e. The molecule has 84 valence electrons. The number of likely N-dealkylation sites (tertiary alicyclic amines) is 1. The number of nitrogens with zero attached hydrogens (tertiary/aromatic N) is 1. The van der Waals surface area contributed by atoms with Gasteiger partial charge in [-0.3, -0.25) is 0 Å². The first-order valence-electron chi connectivity index (χ1n) is 4.94. The predicted molar refractivity (Wildman–Crippen MR) is 53.7 cm³/mol. The fourth-order valence-corrected chi connectivity index (χ4v) is 1.92. The highest BCUT2D eigenvalue weighted by Crippen LogP contribution is 2.33. The van der Waals surface area contributed by atoms with Crippen molar-refractivity contribution in [1.82, 2.24) is 4.90 Å². The molecule has 5 heteroatoms. The summed E-state index contributed by atoms with van der Waals surface area (Å²) in [6.07, 6.45) is -2.51. The molecule has 0 spiro atoms. The maximum absolute atomic E-state index is 12.3. The first-order valence-corrected chi connectivity index (χ1v) is 5.57. The minimum absolute atomic E-state index is 0.260. The highest BCUT2D eigenvalue weighted by atomic mass is 32.1. The molecule has 1 rings (SSSR count). The minimum atomic E-state index is -3.99. The lowest BCUT2D eigenvalue weighted by molar-refractivity contribution is -0.185. The van der Waals surface area contributed by atoms with E-state index in [-0.39, 0.29) is 12.8 Å². The summed E-state index contributed by atoms with van der Waals surface area (Å²) in [4.78, 5) is 2.10. The molecule has 0 atom stereocenters. The van der Waals surface area contributed by atoms with Crippen LogP contribution in [0.3, 0.4) is 0 Å². The molecule has 0 aromatic heterocycles. The Morgan fingerprint density at radius 1 is 1.21 bits per heavy atom. The Morgan fingerprint density at radius 3 is 2.21 bits per heavy atom. The Hall–Kier alpha value is 0.100. The van der Waals surface area contributed by atoms with Gasteiger partial charge in [0.05, 0.1) is 5.92 Å². The van der Waals surface area contributed by atoms with Crippen LogP contribution < -0.4 is 0 Å². The standard InChI is InChI=1S/C9H16F3NS/c10-9(11,12)8-2-5-13(6-3-8)4-1-7-14/h8,14H,1-7H2. The Balaban J connectivity index is 2.24. The molecule has 0 amide bonds. The van der Waals surface area contributed by atoms with E-state index in [0.717, 1.165) is 18.7 Å². The number of thiol groups is 1. The summed E-state index contributed by atoms with van der Waals surface area (Å²) in [6.45, 7) is 2.05. The summed E-state index contributed by atoms with van der Waals surface area (Å²) >= 11 is 4.08. The van der Waals surface area contributed by atoms with Gasteiger partial charge in [0.2, 0.25) is 0 Å². The summed E-state index contributed by atoms with van der Waals surface area (Å²) in [7, 11) is 0. The fourth-order valence-electron chi connectivity index (χ4n) is 1.78. The van der Waals surface area contributed by atoms with Crippen molar-refractivity contribution in [2.75, 3.05) is 25.4 Å². The topological polar surface area (TPSA) is 3.24 Å². The summed E-state index contributed by atoms with van der Waals surface area (Å²) < 4.78 is 36.9. The molecule has 0 aromatic carbocycles. The zero-order valence-corrected chi connectivity index (χ0v) is 8.95. The van der Waals surface area contributed by atoms with Crippen LogP contribution in [0.4, 0.5) is 13.2 Å². The van der Waals surface area contributed by atoms with Crippen molar-refractivity contribution < 1.29 is 13.2 Å². The van der Waals surface area contributed by atoms with Crippen molar-refractivity contribution in [3.8, 4) is 0 Å². The van der Waals surface area contributed by atoms with E-state index >= 15 is 0 Å². The van der Waals surface area contributed by atoms with Gasteiger partial charge in [-0.25, -0.2) is 0 Å². The van der Waals surface area contributed by atoms with Crippen molar-refractivity contribution in [3.63, 3.8) is 0 Å². The van der Waals surface area contributed by atoms with E-state index in [1.165, 1.54) is 0 Å². The number of hydrogen-bond acceptors (Lipinski definition) is 2. The summed E-state index contributed by atoms with van der Waals surface area (Å²) in [5.41, 5.74) is 0. The number of hydrogen-bond donors (Lipinski definition) is 1. The average molecular weight is 227 g/mol. The van der Waals surface area contributed by atoms with Crippen molar-refractivity contribution in [2.45, 2.75) is 25.4 Å². The van der Waals surface area contributed by atoms with Crippen molar-refractivity contribution >= 4 is 12.6 Å². The monoisotopic (exact) mass is 227 g/mol. The molecule has 1 nitrogen and oxygen atoms in total. The Morgan fingerprint density at radius 2 is 1.79 bits per heavy atom. The van der Waals surface area contributed by atoms with Gasteiger partial charge in [-0.1, -0.05) is 0 Å². The van der Waals surface area contributed by atoms with Crippen LogP contribution in [0, 0.1) is 5.92 Å². The van der Waals surface area contributed by atoms with Gasteiger partial charge in [-0.2, -0.15) is 25.8 Å². The summed E-state index contributed by atoms with van der Waals surface area (Å²) in [5.74, 6) is -0.270. The number of piperidine rings is 1. The third-order valence-corrected chi connectivity index (χ3v) is 3.00. The number of rotatable bonds is 3. The zero-order valence-electron chi connectivity index (χ0n) is 8.06. The normalized spacial score (nSPS) is 21.4. The van der Waals surface area contributed by atoms with Gasteiger partial charge in [0.25, 0.3) is 0 Å². The average Bonchev–Trinajstić information content (AvgIpc) is 2.14. The highest BCUT2D eigenvalue weighted by molar-refractivity contribution is 7.80. The largest absolute Gasteiger partial charge is 0.391 e. The van der Waals surface area contributed by atoms with Crippen molar-refractivity contribution in [2.24, 2.45) is 5.92 Å². The molecule has 0 radical (unpaired) electrons. The molecule has 0 aliphatic carbocycles. The van der Waals surface area contributed by atoms with Crippen LogP contribution in [0.15, 0.2) is 0 Å². The van der Waals surface area contributed by atoms with E-state index in [1.807, 2.05) is 0 Å². The molecule has 14 heavy (non-hydrogen) atoms. The van der Waals surface area contributed by atoms with Crippen LogP contribution in [-0.2, 0) is 0 Å². The van der Waals surface area contributed by atoms with Crippen LogP contribution in [0.1, 0.15) is 19.3 Å². The van der Waals surface area contributed by atoms with Crippen LogP contribution in [-0.4, -0.2) is 36.5 Å². The maximum Gasteiger partial charge on any atom is 0.391 e. The van der Waals surface area contributed by atoms with Crippen LogP contribution >= 0.6 is 12.6 Å². The van der Waals surface area contributed by atoms with Gasteiger partial charge in [0, 0.05) is 0 Å². The lowest BCUT2D eigenvalue weighted by Gasteiger charge is -2.32. The molecular weight excluding hydrogens is 211 g/mol. The van der Waals surface area contributed by atoms with Crippen molar-refractivity contribution in [1.29, 1.82) is 0 Å².